The minimum absolute atomic E-state index is 0. The largest absolute Gasteiger partial charge is 0.489 e. The number of nitrogens with zero attached hydrogens (tertiary/aromatic N) is 1. The summed E-state index contributed by atoms with van der Waals surface area (Å²) in [5.41, 5.74) is 2.42. The number of hydrogen-bond acceptors (Lipinski definition) is 3. The number of nitrogens with one attached hydrogen (secondary N) is 1. The minimum atomic E-state index is 0. The Balaban J connectivity index is 0.00000218. The van der Waals surface area contributed by atoms with Crippen LogP contribution >= 0.6 is 12.4 Å². The fourth-order valence-electron chi connectivity index (χ4n) is 5.17. The molecule has 30 heavy (non-hydrogen) atoms. The molecule has 0 spiro atoms. The summed E-state index contributed by atoms with van der Waals surface area (Å²) in [5, 5.41) is 3.67. The first-order chi connectivity index (χ1) is 14.2. The summed E-state index contributed by atoms with van der Waals surface area (Å²) in [6, 6.07) is 20.2. The molecule has 3 aliphatic rings. The van der Waals surface area contributed by atoms with Gasteiger partial charge in [0.15, 0.2) is 0 Å². The van der Waals surface area contributed by atoms with Crippen LogP contribution in [-0.4, -0.2) is 36.0 Å². The van der Waals surface area contributed by atoms with Gasteiger partial charge in [-0.3, -0.25) is 4.79 Å². The lowest BCUT2D eigenvalue weighted by atomic mass is 9.98. The zero-order valence-electron chi connectivity index (χ0n) is 17.5. The first-order valence-electron chi connectivity index (χ1n) is 11.0. The van der Waals surface area contributed by atoms with Gasteiger partial charge in [0, 0.05) is 31.1 Å². The van der Waals surface area contributed by atoms with Gasteiger partial charge in [-0.05, 0) is 61.3 Å². The summed E-state index contributed by atoms with van der Waals surface area (Å²) in [6.07, 6.45) is 5.75. The van der Waals surface area contributed by atoms with Crippen LogP contribution in [0.2, 0.25) is 0 Å². The maximum Gasteiger partial charge on any atom is 0.226 e. The molecular weight excluding hydrogens is 396 g/mol. The smallest absolute Gasteiger partial charge is 0.226 e. The zero-order chi connectivity index (χ0) is 19.8. The summed E-state index contributed by atoms with van der Waals surface area (Å²) in [4.78, 5) is 15.1. The van der Waals surface area contributed by atoms with Gasteiger partial charge in [-0.15, -0.1) is 12.4 Å². The van der Waals surface area contributed by atoms with Crippen molar-refractivity contribution in [2.24, 2.45) is 5.92 Å². The van der Waals surface area contributed by atoms with Gasteiger partial charge in [0.05, 0.1) is 0 Å². The summed E-state index contributed by atoms with van der Waals surface area (Å²) >= 11 is 0. The molecule has 2 aromatic rings. The Morgan fingerprint density at radius 3 is 2.33 bits per heavy atom. The fraction of sp³-hybridized carbons (Fsp3) is 0.480. The quantitative estimate of drug-likeness (QED) is 0.737. The van der Waals surface area contributed by atoms with E-state index in [9.17, 15) is 4.79 Å². The third-order valence-electron chi connectivity index (χ3n) is 7.01. The van der Waals surface area contributed by atoms with E-state index in [0.29, 0.717) is 36.6 Å². The molecule has 5 rings (SSSR count). The van der Waals surface area contributed by atoms with E-state index in [-0.39, 0.29) is 18.3 Å². The van der Waals surface area contributed by atoms with Crippen molar-refractivity contribution in [2.45, 2.75) is 62.8 Å². The second kappa shape index (κ2) is 8.99. The first kappa shape index (κ1) is 21.2. The summed E-state index contributed by atoms with van der Waals surface area (Å²) < 4.78 is 5.88. The molecule has 5 heteroatoms. The van der Waals surface area contributed by atoms with Gasteiger partial charge < -0.3 is 15.0 Å². The van der Waals surface area contributed by atoms with Gasteiger partial charge in [-0.1, -0.05) is 42.5 Å². The minimum Gasteiger partial charge on any atom is -0.489 e. The second-order valence-corrected chi connectivity index (χ2v) is 9.00. The molecular formula is C25H31ClN2O2. The topological polar surface area (TPSA) is 41.6 Å². The van der Waals surface area contributed by atoms with Crippen LogP contribution in [-0.2, 0) is 11.4 Å². The van der Waals surface area contributed by atoms with Gasteiger partial charge >= 0.3 is 0 Å². The second-order valence-electron chi connectivity index (χ2n) is 9.00. The zero-order valence-corrected chi connectivity index (χ0v) is 18.3. The van der Waals surface area contributed by atoms with Crippen molar-refractivity contribution in [3.63, 3.8) is 0 Å². The predicted molar refractivity (Wildman–Crippen MR) is 121 cm³/mol. The highest BCUT2D eigenvalue weighted by Crippen LogP contribution is 2.49. The predicted octanol–water partition coefficient (Wildman–Crippen LogP) is 4.53. The molecule has 4 atom stereocenters. The van der Waals surface area contributed by atoms with Crippen molar-refractivity contribution in [3.8, 4) is 5.75 Å². The van der Waals surface area contributed by atoms with Crippen LogP contribution in [0.5, 0.6) is 5.75 Å². The number of piperidine rings is 1. The Kier molecular flexibility index (Phi) is 6.35. The van der Waals surface area contributed by atoms with E-state index in [2.05, 4.69) is 34.5 Å². The van der Waals surface area contributed by atoms with E-state index in [1.807, 2.05) is 37.4 Å². The van der Waals surface area contributed by atoms with Gasteiger partial charge in [0.2, 0.25) is 5.91 Å². The summed E-state index contributed by atoms with van der Waals surface area (Å²) in [6.45, 7) is 0.577. The van der Waals surface area contributed by atoms with E-state index in [4.69, 9.17) is 4.74 Å². The molecule has 1 N–H and O–H groups in total. The molecule has 2 saturated heterocycles. The van der Waals surface area contributed by atoms with Gasteiger partial charge in [-0.2, -0.15) is 0 Å². The number of fused-ring (bicyclic) bond motifs is 2. The third-order valence-corrected chi connectivity index (χ3v) is 7.01. The highest BCUT2D eigenvalue weighted by atomic mass is 35.5. The van der Waals surface area contributed by atoms with Crippen LogP contribution in [0, 0.1) is 5.92 Å². The molecule has 3 fully saturated rings. The SMILES string of the molecule is CN(C(=O)C1CC1c1ccc(OCc2ccccc2)cc1)C1CC2CCC(C1)N2.Cl. The monoisotopic (exact) mass is 426 g/mol. The van der Waals surface area contributed by atoms with Crippen molar-refractivity contribution in [1.29, 1.82) is 0 Å². The summed E-state index contributed by atoms with van der Waals surface area (Å²) in [5.74, 6) is 1.74. The van der Waals surface area contributed by atoms with Crippen molar-refractivity contribution in [3.05, 3.63) is 65.7 Å². The van der Waals surface area contributed by atoms with E-state index >= 15 is 0 Å². The van der Waals surface area contributed by atoms with E-state index in [0.717, 1.165) is 25.0 Å². The van der Waals surface area contributed by atoms with E-state index in [1.165, 1.54) is 24.0 Å². The Morgan fingerprint density at radius 2 is 1.67 bits per heavy atom. The maximum absolute atomic E-state index is 13.0. The van der Waals surface area contributed by atoms with Crippen LogP contribution in [0.1, 0.15) is 49.1 Å². The standard InChI is InChI=1S/C25H30N2O2.ClH/c1-27(21-13-19-9-10-20(14-21)26-19)25(28)24-15-23(24)18-7-11-22(12-8-18)29-16-17-5-3-2-4-6-17;/h2-8,11-12,19-21,23-24,26H,9-10,13-16H2,1H3;1H. The van der Waals surface area contributed by atoms with Crippen molar-refractivity contribution in [2.75, 3.05) is 7.05 Å². The van der Waals surface area contributed by atoms with Crippen molar-refractivity contribution < 1.29 is 9.53 Å². The van der Waals surface area contributed by atoms with Crippen LogP contribution in [0.4, 0.5) is 0 Å². The molecule has 2 heterocycles. The van der Waals surface area contributed by atoms with Crippen molar-refractivity contribution >= 4 is 18.3 Å². The maximum atomic E-state index is 13.0. The number of amides is 1. The van der Waals surface area contributed by atoms with Crippen LogP contribution in [0.15, 0.2) is 54.6 Å². The number of rotatable bonds is 6. The Bertz CT molecular complexity index is 845. The van der Waals surface area contributed by atoms with Crippen LogP contribution in [0.3, 0.4) is 0 Å². The number of hydrogen-bond donors (Lipinski definition) is 1. The number of carbonyl (C=O) groups excluding carboxylic acids is 1. The average Bonchev–Trinajstić information content (AvgIpc) is 3.50. The lowest BCUT2D eigenvalue weighted by molar-refractivity contribution is -0.134. The molecule has 0 aromatic heterocycles. The molecule has 1 aliphatic carbocycles. The van der Waals surface area contributed by atoms with E-state index < -0.39 is 0 Å². The normalized spacial score (nSPS) is 29.0. The average molecular weight is 427 g/mol. The fourth-order valence-corrected chi connectivity index (χ4v) is 5.17. The molecule has 1 saturated carbocycles. The number of halogens is 1. The van der Waals surface area contributed by atoms with E-state index in [1.54, 1.807) is 0 Å². The lowest BCUT2D eigenvalue weighted by Crippen LogP contribution is -2.49. The molecule has 0 radical (unpaired) electrons. The molecule has 160 valence electrons. The molecule has 1 amide bonds. The van der Waals surface area contributed by atoms with Gasteiger partial charge in [-0.25, -0.2) is 0 Å². The molecule has 2 aliphatic heterocycles. The number of carbonyl (C=O) groups is 1. The molecule has 2 bridgehead atoms. The highest BCUT2D eigenvalue weighted by Gasteiger charge is 2.47. The molecule has 4 nitrogen and oxygen atoms in total. The Morgan fingerprint density at radius 1 is 1.00 bits per heavy atom. The Labute approximate surface area is 185 Å². The molecule has 4 unspecified atom stereocenters. The summed E-state index contributed by atoms with van der Waals surface area (Å²) in [7, 11) is 2.02. The highest BCUT2D eigenvalue weighted by molar-refractivity contribution is 5.85. The van der Waals surface area contributed by atoms with Crippen molar-refractivity contribution in [1.82, 2.24) is 10.2 Å². The number of benzene rings is 2. The first-order valence-corrected chi connectivity index (χ1v) is 11.0. The van der Waals surface area contributed by atoms with Crippen LogP contribution < -0.4 is 10.1 Å². The van der Waals surface area contributed by atoms with Gasteiger partial charge in [0.25, 0.3) is 0 Å². The van der Waals surface area contributed by atoms with Crippen LogP contribution in [0.25, 0.3) is 0 Å². The number of ether oxygens (including phenoxy) is 1. The lowest BCUT2D eigenvalue weighted by Gasteiger charge is -2.35. The van der Waals surface area contributed by atoms with Gasteiger partial charge in [0.1, 0.15) is 12.4 Å². The molecule has 2 aromatic carbocycles. The third kappa shape index (κ3) is 4.50. The Hall–Kier alpha value is -2.04.